The van der Waals surface area contributed by atoms with Gasteiger partial charge in [0.2, 0.25) is 0 Å². The van der Waals surface area contributed by atoms with Crippen LogP contribution in [0.15, 0.2) is 60.7 Å². The molecule has 2 aromatic carbocycles. The molecule has 0 aliphatic rings. The molecule has 0 saturated heterocycles. The van der Waals surface area contributed by atoms with E-state index in [1.165, 1.54) is 164 Å². The van der Waals surface area contributed by atoms with E-state index >= 15 is 0 Å². The summed E-state index contributed by atoms with van der Waals surface area (Å²) in [6.45, 7) is 9.13. The van der Waals surface area contributed by atoms with Gasteiger partial charge < -0.3 is 4.74 Å². The summed E-state index contributed by atoms with van der Waals surface area (Å²) in [6, 6.07) is 13.5. The molecule has 264 valence electrons. The fourth-order valence-corrected chi connectivity index (χ4v) is 6.87. The molecule has 0 amide bonds. The van der Waals surface area contributed by atoms with E-state index in [4.69, 9.17) is 4.74 Å². The highest BCUT2D eigenvalue weighted by Gasteiger charge is 2.13. The van der Waals surface area contributed by atoms with Crippen molar-refractivity contribution in [1.82, 2.24) is 0 Å². The Bertz CT molecular complexity index is 991. The monoisotopic (exact) mass is 643 g/mol. The summed E-state index contributed by atoms with van der Waals surface area (Å²) in [6.07, 6.45) is 43.3. The number of benzene rings is 2. The van der Waals surface area contributed by atoms with Crippen LogP contribution in [0.2, 0.25) is 0 Å². The van der Waals surface area contributed by atoms with Gasteiger partial charge in [-0.15, -0.1) is 0 Å². The zero-order valence-corrected chi connectivity index (χ0v) is 31.6. The minimum Gasteiger partial charge on any atom is -0.457 e. The van der Waals surface area contributed by atoms with Crippen LogP contribution in [0.5, 0.6) is 11.5 Å². The van der Waals surface area contributed by atoms with Gasteiger partial charge in [0.25, 0.3) is 0 Å². The Morgan fingerprint density at radius 1 is 0.404 bits per heavy atom. The van der Waals surface area contributed by atoms with Crippen LogP contribution in [0.1, 0.15) is 191 Å². The van der Waals surface area contributed by atoms with Crippen LogP contribution in [0.3, 0.4) is 0 Å². The molecule has 0 atom stereocenters. The van der Waals surface area contributed by atoms with Gasteiger partial charge in [0.15, 0.2) is 0 Å². The smallest absolute Gasteiger partial charge is 0.130 e. The second-order valence-corrected chi connectivity index (χ2v) is 13.9. The molecule has 0 unspecified atom stereocenters. The second kappa shape index (κ2) is 28.7. The summed E-state index contributed by atoms with van der Waals surface area (Å²) in [7, 11) is 0. The highest BCUT2D eigenvalue weighted by molar-refractivity contribution is 5.47. The van der Waals surface area contributed by atoms with E-state index in [9.17, 15) is 0 Å². The predicted molar refractivity (Wildman–Crippen MR) is 210 cm³/mol. The van der Waals surface area contributed by atoms with Crippen LogP contribution in [0, 0.1) is 0 Å². The zero-order valence-electron chi connectivity index (χ0n) is 31.6. The minimum atomic E-state index is 1.02. The van der Waals surface area contributed by atoms with Crippen molar-refractivity contribution in [2.24, 2.45) is 0 Å². The van der Waals surface area contributed by atoms with E-state index in [1.54, 1.807) is 0 Å². The zero-order chi connectivity index (χ0) is 33.6. The number of allylic oxidation sites excluding steroid dienone is 4. The fourth-order valence-electron chi connectivity index (χ4n) is 6.87. The quantitative estimate of drug-likeness (QED) is 0.0608. The van der Waals surface area contributed by atoms with Crippen molar-refractivity contribution in [3.05, 3.63) is 83.0 Å². The summed E-state index contributed by atoms with van der Waals surface area (Å²) < 4.78 is 6.73. The van der Waals surface area contributed by atoms with Gasteiger partial charge in [0, 0.05) is 0 Å². The van der Waals surface area contributed by atoms with Crippen molar-refractivity contribution in [2.45, 2.75) is 195 Å². The van der Waals surface area contributed by atoms with E-state index in [2.05, 4.69) is 88.4 Å². The normalized spacial score (nSPS) is 11.7. The van der Waals surface area contributed by atoms with Crippen LogP contribution in [-0.4, -0.2) is 0 Å². The Morgan fingerprint density at radius 3 is 1.11 bits per heavy atom. The molecular formula is C46H74O. The SMILES string of the molecule is CCCCCC/C=C\CCCCCCCc1cccc(Oc2cccc(CCCCCCC/C=C\CCCCCC)c2CC)c1CC. The van der Waals surface area contributed by atoms with Gasteiger partial charge in [-0.1, -0.05) is 153 Å². The molecule has 2 aromatic rings. The average Bonchev–Trinajstić information content (AvgIpc) is 3.09. The van der Waals surface area contributed by atoms with Crippen LogP contribution in [0.4, 0.5) is 0 Å². The maximum absolute atomic E-state index is 6.73. The molecule has 0 saturated carbocycles. The molecular weight excluding hydrogens is 569 g/mol. The lowest BCUT2D eigenvalue weighted by Gasteiger charge is -2.18. The number of unbranched alkanes of at least 4 members (excludes halogenated alkanes) is 18. The molecule has 0 aliphatic heterocycles. The summed E-state index contributed by atoms with van der Waals surface area (Å²) in [5, 5.41) is 0. The first-order valence-electron chi connectivity index (χ1n) is 20.4. The molecule has 1 heteroatoms. The molecule has 0 fully saturated rings. The summed E-state index contributed by atoms with van der Waals surface area (Å²) >= 11 is 0. The number of hydrogen-bond acceptors (Lipinski definition) is 1. The van der Waals surface area contributed by atoms with Crippen LogP contribution in [-0.2, 0) is 25.7 Å². The summed E-state index contributed by atoms with van der Waals surface area (Å²) in [4.78, 5) is 0. The largest absolute Gasteiger partial charge is 0.457 e. The lowest BCUT2D eigenvalue weighted by molar-refractivity contribution is 0.468. The molecule has 2 rings (SSSR count). The highest BCUT2D eigenvalue weighted by Crippen LogP contribution is 2.33. The Kier molecular flexibility index (Phi) is 25.0. The van der Waals surface area contributed by atoms with Crippen molar-refractivity contribution in [3.63, 3.8) is 0 Å². The highest BCUT2D eigenvalue weighted by atomic mass is 16.5. The Hall–Kier alpha value is -2.28. The first-order valence-corrected chi connectivity index (χ1v) is 20.4. The molecule has 47 heavy (non-hydrogen) atoms. The van der Waals surface area contributed by atoms with Crippen molar-refractivity contribution < 1.29 is 4.74 Å². The number of ether oxygens (including phenoxy) is 1. The van der Waals surface area contributed by atoms with E-state index in [-0.39, 0.29) is 0 Å². The van der Waals surface area contributed by atoms with Crippen LogP contribution < -0.4 is 4.74 Å². The fraction of sp³-hybridized carbons (Fsp3) is 0.652. The third-order valence-corrected chi connectivity index (χ3v) is 9.80. The average molecular weight is 643 g/mol. The molecule has 0 heterocycles. The first-order chi connectivity index (χ1) is 23.2. The van der Waals surface area contributed by atoms with Crippen LogP contribution in [0.25, 0.3) is 0 Å². The van der Waals surface area contributed by atoms with Crippen molar-refractivity contribution in [1.29, 1.82) is 0 Å². The van der Waals surface area contributed by atoms with Gasteiger partial charge in [-0.25, -0.2) is 0 Å². The minimum absolute atomic E-state index is 1.02. The van der Waals surface area contributed by atoms with Crippen molar-refractivity contribution in [2.75, 3.05) is 0 Å². The van der Waals surface area contributed by atoms with Gasteiger partial charge in [0.05, 0.1) is 0 Å². The van der Waals surface area contributed by atoms with Crippen LogP contribution >= 0.6 is 0 Å². The number of rotatable bonds is 30. The summed E-state index contributed by atoms with van der Waals surface area (Å²) in [5.41, 5.74) is 5.76. The van der Waals surface area contributed by atoms with E-state index in [0.717, 1.165) is 37.2 Å². The lowest BCUT2D eigenvalue weighted by Crippen LogP contribution is -2.01. The maximum Gasteiger partial charge on any atom is 0.130 e. The Labute approximate surface area is 293 Å². The molecule has 0 radical (unpaired) electrons. The van der Waals surface area contributed by atoms with Crippen molar-refractivity contribution >= 4 is 0 Å². The molecule has 0 aromatic heterocycles. The number of aryl methyl sites for hydroxylation is 2. The predicted octanol–water partition coefficient (Wildman–Crippen LogP) is 15.4. The Balaban J connectivity index is 1.73. The molecule has 0 N–H and O–H groups in total. The van der Waals surface area contributed by atoms with Gasteiger partial charge in [-0.2, -0.15) is 0 Å². The molecule has 0 aliphatic carbocycles. The molecule has 0 bridgehead atoms. The molecule has 0 spiro atoms. The third-order valence-electron chi connectivity index (χ3n) is 9.80. The van der Waals surface area contributed by atoms with Gasteiger partial charge >= 0.3 is 0 Å². The van der Waals surface area contributed by atoms with E-state index in [0.29, 0.717) is 0 Å². The van der Waals surface area contributed by atoms with Gasteiger partial charge in [0.1, 0.15) is 11.5 Å². The topological polar surface area (TPSA) is 9.23 Å². The standard InChI is InChI=1S/C46H74O/c1-5-9-11-13-15-17-19-21-23-25-27-29-31-35-41-37-33-39-45(43(41)7-3)47-46-40-34-38-42(44(46)8-4)36-32-30-28-26-24-22-20-18-16-14-12-10-6-2/h17-20,33-34,37-40H,5-16,21-32,35-36H2,1-4H3/b19-17-,20-18-. The Morgan fingerprint density at radius 2 is 0.745 bits per heavy atom. The van der Waals surface area contributed by atoms with Gasteiger partial charge in [-0.05, 0) is 124 Å². The molecule has 1 nitrogen and oxygen atoms in total. The lowest BCUT2D eigenvalue weighted by atomic mass is 9.97. The van der Waals surface area contributed by atoms with Gasteiger partial charge in [-0.3, -0.25) is 0 Å². The second-order valence-electron chi connectivity index (χ2n) is 13.9. The van der Waals surface area contributed by atoms with E-state index in [1.807, 2.05) is 0 Å². The first kappa shape index (κ1) is 40.9. The van der Waals surface area contributed by atoms with E-state index < -0.39 is 0 Å². The van der Waals surface area contributed by atoms with Crippen molar-refractivity contribution in [3.8, 4) is 11.5 Å². The third kappa shape index (κ3) is 18.7. The summed E-state index contributed by atoms with van der Waals surface area (Å²) in [5.74, 6) is 2.13. The number of hydrogen-bond donors (Lipinski definition) is 0. The maximum atomic E-state index is 6.73.